The summed E-state index contributed by atoms with van der Waals surface area (Å²) in [4.78, 5) is 17.3. The van der Waals surface area contributed by atoms with Crippen LogP contribution in [0.4, 0.5) is 24.7 Å². The molecule has 0 saturated heterocycles. The molecular weight excluding hydrogens is 595 g/mol. The maximum absolute atomic E-state index is 14.0. The second-order valence-electron chi connectivity index (χ2n) is 9.42. The molecule has 0 radical (unpaired) electrons. The molecule has 216 valence electrons. The van der Waals surface area contributed by atoms with E-state index >= 15 is 0 Å². The van der Waals surface area contributed by atoms with Crippen molar-refractivity contribution in [3.05, 3.63) is 94.9 Å². The first-order chi connectivity index (χ1) is 19.8. The lowest BCUT2D eigenvalue weighted by molar-refractivity contribution is -0.142. The number of alkyl halides is 3. The quantitative estimate of drug-likeness (QED) is 0.228. The third-order valence-electron chi connectivity index (χ3n) is 6.17. The molecule has 0 bridgehead atoms. The van der Waals surface area contributed by atoms with E-state index in [0.717, 1.165) is 17.8 Å². The van der Waals surface area contributed by atoms with E-state index < -0.39 is 27.8 Å². The summed E-state index contributed by atoms with van der Waals surface area (Å²) in [5.41, 5.74) is 0.0529. The van der Waals surface area contributed by atoms with Gasteiger partial charge >= 0.3 is 6.18 Å². The number of carbonyl (C=O) groups is 1. The zero-order valence-electron chi connectivity index (χ0n) is 21.9. The number of hydrogen-bond acceptors (Lipinski definition) is 7. The van der Waals surface area contributed by atoms with Crippen molar-refractivity contribution in [2.75, 3.05) is 10.0 Å². The number of sulfonamides is 1. The van der Waals surface area contributed by atoms with E-state index in [4.69, 9.17) is 11.6 Å². The fourth-order valence-corrected chi connectivity index (χ4v) is 5.09. The lowest BCUT2D eigenvalue weighted by Gasteiger charge is -2.12. The van der Waals surface area contributed by atoms with E-state index in [2.05, 4.69) is 30.3 Å². The van der Waals surface area contributed by atoms with Crippen LogP contribution in [-0.2, 0) is 16.2 Å². The van der Waals surface area contributed by atoms with Crippen molar-refractivity contribution >= 4 is 44.7 Å². The second-order valence-corrected chi connectivity index (χ2v) is 11.5. The third kappa shape index (κ3) is 6.04. The molecule has 0 aliphatic rings. The van der Waals surface area contributed by atoms with Crippen molar-refractivity contribution in [1.82, 2.24) is 24.8 Å². The lowest BCUT2D eigenvalue weighted by atomic mass is 10.0. The van der Waals surface area contributed by atoms with Crippen molar-refractivity contribution in [3.63, 3.8) is 0 Å². The first-order valence-electron chi connectivity index (χ1n) is 12.3. The van der Waals surface area contributed by atoms with Crippen LogP contribution >= 0.6 is 11.6 Å². The van der Waals surface area contributed by atoms with Crippen LogP contribution in [0, 0.1) is 0 Å². The number of nitrogens with zero attached hydrogens (tertiary/aromatic N) is 5. The Labute approximate surface area is 242 Å². The van der Waals surface area contributed by atoms with Gasteiger partial charge in [0.25, 0.3) is 15.9 Å². The van der Waals surface area contributed by atoms with Crippen molar-refractivity contribution in [2.45, 2.75) is 30.8 Å². The summed E-state index contributed by atoms with van der Waals surface area (Å²) in [6, 6.07) is 15.7. The van der Waals surface area contributed by atoms with Gasteiger partial charge in [0, 0.05) is 11.3 Å². The van der Waals surface area contributed by atoms with Crippen LogP contribution in [0.3, 0.4) is 0 Å². The molecule has 15 heteroatoms. The highest BCUT2D eigenvalue weighted by atomic mass is 35.5. The summed E-state index contributed by atoms with van der Waals surface area (Å²) in [6.45, 7) is 4.00. The van der Waals surface area contributed by atoms with Crippen molar-refractivity contribution < 1.29 is 26.4 Å². The molecule has 1 amide bonds. The van der Waals surface area contributed by atoms with Crippen molar-refractivity contribution in [2.24, 2.45) is 0 Å². The van der Waals surface area contributed by atoms with Gasteiger partial charge in [0.05, 0.1) is 16.8 Å². The molecular formula is C27H21ClF3N7O3S. The molecule has 0 atom stereocenters. The number of amides is 1. The summed E-state index contributed by atoms with van der Waals surface area (Å²) in [6.07, 6.45) is -3.78. The Morgan fingerprint density at radius 2 is 1.67 bits per heavy atom. The first kappa shape index (κ1) is 29.0. The Hall–Kier alpha value is -4.56. The highest BCUT2D eigenvalue weighted by Gasteiger charge is 2.36. The largest absolute Gasteiger partial charge is 0.433 e. The number of anilines is 2. The minimum Gasteiger partial charge on any atom is -0.322 e. The monoisotopic (exact) mass is 615 g/mol. The molecule has 3 heterocycles. The molecule has 5 aromatic rings. The molecule has 2 N–H and O–H groups in total. The number of carbonyl (C=O) groups excluding carboxylic acids is 1. The van der Waals surface area contributed by atoms with E-state index in [9.17, 15) is 26.4 Å². The van der Waals surface area contributed by atoms with Crippen molar-refractivity contribution in [1.29, 1.82) is 0 Å². The molecule has 0 aliphatic heterocycles. The minimum absolute atomic E-state index is 0.0205. The first-order valence-corrected chi connectivity index (χ1v) is 14.2. The Bertz CT molecular complexity index is 1880. The molecule has 3 aromatic heterocycles. The zero-order chi connectivity index (χ0) is 30.2. The Morgan fingerprint density at radius 1 is 0.976 bits per heavy atom. The maximum Gasteiger partial charge on any atom is 0.433 e. The summed E-state index contributed by atoms with van der Waals surface area (Å²) in [5.74, 6) is -0.609. The third-order valence-corrected chi connectivity index (χ3v) is 7.75. The summed E-state index contributed by atoms with van der Waals surface area (Å²) >= 11 is 5.66. The van der Waals surface area contributed by atoms with Gasteiger partial charge in [-0.05, 0) is 53.9 Å². The van der Waals surface area contributed by atoms with Crippen LogP contribution in [0.5, 0.6) is 0 Å². The predicted octanol–water partition coefficient (Wildman–Crippen LogP) is 6.04. The Kier molecular flexibility index (Phi) is 7.60. The Balaban J connectivity index is 1.43. The van der Waals surface area contributed by atoms with Gasteiger partial charge in [-0.2, -0.15) is 18.3 Å². The number of halogens is 4. The number of rotatable bonds is 7. The van der Waals surface area contributed by atoms with Crippen LogP contribution in [0.1, 0.15) is 41.4 Å². The van der Waals surface area contributed by atoms with Gasteiger partial charge in [-0.3, -0.25) is 9.52 Å². The summed E-state index contributed by atoms with van der Waals surface area (Å²) in [5, 5.41) is 13.6. The molecule has 0 spiro atoms. The van der Waals surface area contributed by atoms with Crippen LogP contribution in [-0.4, -0.2) is 39.1 Å². The molecule has 0 unspecified atom stereocenters. The number of fused-ring (bicyclic) bond motifs is 1. The van der Waals surface area contributed by atoms with Gasteiger partial charge < -0.3 is 5.32 Å². The number of nitrogens with one attached hydrogen (secondary N) is 2. The molecule has 42 heavy (non-hydrogen) atoms. The van der Waals surface area contributed by atoms with Gasteiger partial charge in [0.15, 0.2) is 22.3 Å². The van der Waals surface area contributed by atoms with Gasteiger partial charge in [-0.25, -0.2) is 17.9 Å². The van der Waals surface area contributed by atoms with Crippen LogP contribution < -0.4 is 10.0 Å². The second kappa shape index (κ2) is 11.0. The molecule has 0 aliphatic carbocycles. The standard InChI is InChI=1S/C27H21ClF3N7O3S/c1-15(2)16-3-5-17(6-4-16)21-13-22(27(29,30)31)38-25(34-21)20(14-32-38)26(39)33-18-7-9-19(10-8-18)42(40,41)37-24-12-11-23(28)35-36-24/h3-15H,1-2H3,(H,33,39)(H,36,37). The Morgan fingerprint density at radius 3 is 2.26 bits per heavy atom. The fourth-order valence-electron chi connectivity index (χ4n) is 3.99. The fraction of sp³-hybridized carbons (Fsp3) is 0.148. The van der Waals surface area contributed by atoms with Gasteiger partial charge in [-0.15, -0.1) is 10.2 Å². The molecule has 10 nitrogen and oxygen atoms in total. The molecule has 5 rings (SSSR count). The highest BCUT2D eigenvalue weighted by Crippen LogP contribution is 2.33. The van der Waals surface area contributed by atoms with Crippen LogP contribution in [0.2, 0.25) is 5.15 Å². The van der Waals surface area contributed by atoms with E-state index in [-0.39, 0.29) is 44.4 Å². The summed E-state index contributed by atoms with van der Waals surface area (Å²) < 4.78 is 70.1. The van der Waals surface area contributed by atoms with Crippen LogP contribution in [0.15, 0.2) is 77.8 Å². The van der Waals surface area contributed by atoms with Gasteiger partial charge in [0.1, 0.15) is 5.56 Å². The van der Waals surface area contributed by atoms with Gasteiger partial charge in [-0.1, -0.05) is 49.7 Å². The number of aromatic nitrogens is 5. The molecule has 2 aromatic carbocycles. The van der Waals surface area contributed by atoms with E-state index in [0.29, 0.717) is 10.1 Å². The SMILES string of the molecule is CC(C)c1ccc(-c2cc(C(F)(F)F)n3ncc(C(=O)Nc4ccc(S(=O)(=O)Nc5ccc(Cl)nn5)cc4)c3n2)cc1. The van der Waals surface area contributed by atoms with E-state index in [1.807, 2.05) is 26.0 Å². The van der Waals surface area contributed by atoms with Gasteiger partial charge in [0.2, 0.25) is 0 Å². The highest BCUT2D eigenvalue weighted by molar-refractivity contribution is 7.92. The number of hydrogen-bond donors (Lipinski definition) is 2. The number of benzene rings is 2. The molecule has 0 saturated carbocycles. The lowest BCUT2D eigenvalue weighted by Crippen LogP contribution is -2.16. The minimum atomic E-state index is -4.78. The van der Waals surface area contributed by atoms with E-state index in [1.165, 1.54) is 36.4 Å². The van der Waals surface area contributed by atoms with E-state index in [1.54, 1.807) is 12.1 Å². The van der Waals surface area contributed by atoms with Crippen LogP contribution in [0.25, 0.3) is 16.9 Å². The zero-order valence-corrected chi connectivity index (χ0v) is 23.5. The maximum atomic E-state index is 14.0. The predicted molar refractivity (Wildman–Crippen MR) is 150 cm³/mol. The average Bonchev–Trinajstić information content (AvgIpc) is 3.37. The topological polar surface area (TPSA) is 131 Å². The normalized spacial score (nSPS) is 12.1. The average molecular weight is 616 g/mol. The smallest absolute Gasteiger partial charge is 0.322 e. The molecule has 0 fully saturated rings. The van der Waals surface area contributed by atoms with Crippen molar-refractivity contribution in [3.8, 4) is 11.3 Å². The summed E-state index contributed by atoms with van der Waals surface area (Å²) in [7, 11) is -4.04.